The predicted octanol–water partition coefficient (Wildman–Crippen LogP) is 1.55. The number of carbonyl (C=O) groups excluding carboxylic acids is 1. The molecule has 1 rings (SSSR count). The number of rotatable bonds is 2. The molecule has 0 saturated carbocycles. The maximum absolute atomic E-state index is 12.8. The first kappa shape index (κ1) is 9.50. The minimum absolute atomic E-state index is 0.231. The number of anilines is 1. The van der Waals surface area contributed by atoms with E-state index in [1.807, 2.05) is 0 Å². The Balaban J connectivity index is 3.31. The molecular weight excluding hydrogens is 185 g/mol. The molecule has 0 aliphatic heterocycles. The van der Waals surface area contributed by atoms with E-state index < -0.39 is 23.6 Å². The quantitative estimate of drug-likeness (QED) is 0.720. The summed E-state index contributed by atoms with van der Waals surface area (Å²) in [5.74, 6) is -1.87. The average molecular weight is 190 g/mol. The van der Waals surface area contributed by atoms with Crippen LogP contribution < -0.4 is 5.73 Å². The van der Waals surface area contributed by atoms with Crippen LogP contribution in [0.4, 0.5) is 19.0 Å². The molecule has 1 aromatic heterocycles. The van der Waals surface area contributed by atoms with Crippen LogP contribution in [0.1, 0.15) is 22.5 Å². The fourth-order valence-electron chi connectivity index (χ4n) is 0.838. The van der Waals surface area contributed by atoms with E-state index >= 15 is 0 Å². The van der Waals surface area contributed by atoms with Crippen LogP contribution in [0.15, 0.2) is 6.07 Å². The molecule has 0 fully saturated rings. The van der Waals surface area contributed by atoms with Gasteiger partial charge in [-0.05, 0) is 0 Å². The van der Waals surface area contributed by atoms with Crippen LogP contribution in [0.2, 0.25) is 0 Å². The molecule has 2 N–H and O–H groups in total. The maximum atomic E-state index is 12.8. The van der Waals surface area contributed by atoms with Crippen molar-refractivity contribution in [2.75, 3.05) is 5.73 Å². The van der Waals surface area contributed by atoms with Gasteiger partial charge in [0.15, 0.2) is 6.29 Å². The van der Waals surface area contributed by atoms with Gasteiger partial charge < -0.3 is 5.73 Å². The normalized spacial score (nSPS) is 10.5. The van der Waals surface area contributed by atoms with Crippen molar-refractivity contribution in [2.45, 2.75) is 6.43 Å². The molecule has 0 amide bonds. The Kier molecular flexibility index (Phi) is 2.50. The van der Waals surface area contributed by atoms with Crippen molar-refractivity contribution in [1.82, 2.24) is 4.98 Å². The predicted molar refractivity (Wildman–Crippen MR) is 39.0 cm³/mol. The van der Waals surface area contributed by atoms with Crippen molar-refractivity contribution in [1.29, 1.82) is 0 Å². The SMILES string of the molecule is Nc1nc(C=O)cc(F)c1C(F)F. The third-order valence-corrected chi connectivity index (χ3v) is 1.40. The molecule has 1 aromatic rings. The molecule has 1 heterocycles. The van der Waals surface area contributed by atoms with Crippen molar-refractivity contribution in [2.24, 2.45) is 0 Å². The van der Waals surface area contributed by atoms with Crippen LogP contribution in [0.3, 0.4) is 0 Å². The highest BCUT2D eigenvalue weighted by Crippen LogP contribution is 2.26. The number of pyridine rings is 1. The number of nitrogens with zero attached hydrogens (tertiary/aromatic N) is 1. The van der Waals surface area contributed by atoms with Crippen molar-refractivity contribution >= 4 is 12.1 Å². The Labute approximate surface area is 71.4 Å². The molecule has 0 unspecified atom stereocenters. The Morgan fingerprint density at radius 2 is 2.15 bits per heavy atom. The van der Waals surface area contributed by atoms with Gasteiger partial charge in [-0.1, -0.05) is 0 Å². The van der Waals surface area contributed by atoms with Gasteiger partial charge in [0.1, 0.15) is 17.3 Å². The second kappa shape index (κ2) is 3.42. The van der Waals surface area contributed by atoms with E-state index in [0.29, 0.717) is 6.07 Å². The number of carbonyl (C=O) groups is 1. The van der Waals surface area contributed by atoms with Gasteiger partial charge in [0.05, 0.1) is 5.56 Å². The van der Waals surface area contributed by atoms with Crippen molar-refractivity contribution in [3.8, 4) is 0 Å². The summed E-state index contributed by atoms with van der Waals surface area (Å²) in [6.07, 6.45) is -2.80. The van der Waals surface area contributed by atoms with Crippen LogP contribution in [-0.4, -0.2) is 11.3 Å². The molecule has 0 saturated heterocycles. The monoisotopic (exact) mass is 190 g/mol. The summed E-state index contributed by atoms with van der Waals surface area (Å²) in [5.41, 5.74) is 3.74. The fraction of sp³-hybridized carbons (Fsp3) is 0.143. The Bertz CT molecular complexity index is 318. The number of hydrogen-bond donors (Lipinski definition) is 1. The Morgan fingerprint density at radius 3 is 2.54 bits per heavy atom. The standard InChI is InChI=1S/C7H5F3N2O/c8-4-1-3(2-13)12-7(11)5(4)6(9)10/h1-2,6H,(H2,11,12). The minimum Gasteiger partial charge on any atom is -0.383 e. The van der Waals surface area contributed by atoms with Crippen LogP contribution in [0, 0.1) is 5.82 Å². The average Bonchev–Trinajstić information content (AvgIpc) is 2.02. The lowest BCUT2D eigenvalue weighted by Gasteiger charge is -2.04. The topological polar surface area (TPSA) is 56.0 Å². The first-order valence-electron chi connectivity index (χ1n) is 3.25. The molecule has 0 radical (unpaired) electrons. The number of aldehydes is 1. The van der Waals surface area contributed by atoms with Crippen LogP contribution >= 0.6 is 0 Å². The summed E-state index contributed by atoms with van der Waals surface area (Å²) < 4.78 is 36.9. The number of alkyl halides is 2. The highest BCUT2D eigenvalue weighted by molar-refractivity contribution is 5.73. The van der Waals surface area contributed by atoms with E-state index in [2.05, 4.69) is 4.98 Å². The molecule has 70 valence electrons. The van der Waals surface area contributed by atoms with E-state index in [1.54, 1.807) is 0 Å². The lowest BCUT2D eigenvalue weighted by molar-refractivity contribution is 0.111. The number of halogens is 3. The van der Waals surface area contributed by atoms with Gasteiger partial charge in [-0.15, -0.1) is 0 Å². The summed E-state index contributed by atoms with van der Waals surface area (Å²) >= 11 is 0. The fourth-order valence-corrected chi connectivity index (χ4v) is 0.838. The number of nitrogens with two attached hydrogens (primary N) is 1. The van der Waals surface area contributed by atoms with E-state index in [0.717, 1.165) is 0 Å². The molecule has 0 spiro atoms. The van der Waals surface area contributed by atoms with Crippen molar-refractivity contribution in [3.63, 3.8) is 0 Å². The van der Waals surface area contributed by atoms with Gasteiger partial charge in [0, 0.05) is 6.07 Å². The van der Waals surface area contributed by atoms with Crippen LogP contribution in [0.25, 0.3) is 0 Å². The maximum Gasteiger partial charge on any atom is 0.270 e. The Hall–Kier alpha value is -1.59. The summed E-state index contributed by atoms with van der Waals surface area (Å²) in [4.78, 5) is 13.4. The zero-order valence-corrected chi connectivity index (χ0v) is 6.30. The third-order valence-electron chi connectivity index (χ3n) is 1.40. The molecule has 13 heavy (non-hydrogen) atoms. The number of nitrogen functional groups attached to an aromatic ring is 1. The molecule has 0 aliphatic rings. The second-order valence-electron chi connectivity index (χ2n) is 2.25. The summed E-state index contributed by atoms with van der Waals surface area (Å²) in [7, 11) is 0. The zero-order valence-electron chi connectivity index (χ0n) is 6.30. The van der Waals surface area contributed by atoms with Gasteiger partial charge in [-0.25, -0.2) is 18.2 Å². The van der Waals surface area contributed by atoms with E-state index in [4.69, 9.17) is 5.73 Å². The first-order chi connectivity index (χ1) is 6.06. The highest BCUT2D eigenvalue weighted by Gasteiger charge is 2.19. The molecule has 0 aromatic carbocycles. The van der Waals surface area contributed by atoms with E-state index in [9.17, 15) is 18.0 Å². The van der Waals surface area contributed by atoms with Crippen LogP contribution in [-0.2, 0) is 0 Å². The third kappa shape index (κ3) is 1.77. The molecule has 6 heteroatoms. The van der Waals surface area contributed by atoms with Gasteiger partial charge in [0.25, 0.3) is 6.43 Å². The number of aromatic nitrogens is 1. The van der Waals surface area contributed by atoms with Gasteiger partial charge >= 0.3 is 0 Å². The molecular formula is C7H5F3N2O. The zero-order chi connectivity index (χ0) is 10.0. The summed E-state index contributed by atoms with van der Waals surface area (Å²) in [5, 5.41) is 0. The first-order valence-corrected chi connectivity index (χ1v) is 3.25. The highest BCUT2D eigenvalue weighted by atomic mass is 19.3. The molecule has 0 bridgehead atoms. The lowest BCUT2D eigenvalue weighted by Crippen LogP contribution is -2.04. The van der Waals surface area contributed by atoms with E-state index in [-0.39, 0.29) is 12.0 Å². The summed E-state index contributed by atoms with van der Waals surface area (Å²) in [6, 6.07) is 0.616. The lowest BCUT2D eigenvalue weighted by atomic mass is 10.2. The van der Waals surface area contributed by atoms with Gasteiger partial charge in [0.2, 0.25) is 0 Å². The largest absolute Gasteiger partial charge is 0.383 e. The minimum atomic E-state index is -3.03. The molecule has 3 nitrogen and oxygen atoms in total. The van der Waals surface area contributed by atoms with Crippen molar-refractivity contribution < 1.29 is 18.0 Å². The van der Waals surface area contributed by atoms with Gasteiger partial charge in [-0.2, -0.15) is 0 Å². The smallest absolute Gasteiger partial charge is 0.270 e. The van der Waals surface area contributed by atoms with Crippen LogP contribution in [0.5, 0.6) is 0 Å². The Morgan fingerprint density at radius 1 is 1.54 bits per heavy atom. The van der Waals surface area contributed by atoms with Gasteiger partial charge in [-0.3, -0.25) is 4.79 Å². The van der Waals surface area contributed by atoms with Crippen molar-refractivity contribution in [3.05, 3.63) is 23.1 Å². The molecule has 0 atom stereocenters. The van der Waals surface area contributed by atoms with E-state index in [1.165, 1.54) is 0 Å². The number of hydrogen-bond acceptors (Lipinski definition) is 3. The second-order valence-corrected chi connectivity index (χ2v) is 2.25. The summed E-state index contributed by atoms with van der Waals surface area (Å²) in [6.45, 7) is 0. The molecule has 0 aliphatic carbocycles.